The first kappa shape index (κ1) is 19.6. The van der Waals surface area contributed by atoms with E-state index in [1.807, 2.05) is 42.5 Å². The largest absolute Gasteiger partial charge is 0.508 e. The van der Waals surface area contributed by atoms with Gasteiger partial charge < -0.3 is 19.1 Å². The van der Waals surface area contributed by atoms with E-state index in [1.165, 1.54) is 12.1 Å². The maximum absolute atomic E-state index is 13.6. The van der Waals surface area contributed by atoms with Gasteiger partial charge in [0.25, 0.3) is 0 Å². The maximum Gasteiger partial charge on any atom is 0.195 e. The van der Waals surface area contributed by atoms with Crippen molar-refractivity contribution < 1.29 is 19.4 Å². The van der Waals surface area contributed by atoms with Gasteiger partial charge in [-0.2, -0.15) is 0 Å². The Morgan fingerprint density at radius 1 is 0.900 bits per heavy atom. The van der Waals surface area contributed by atoms with Crippen LogP contribution in [0.4, 0.5) is 0 Å². The van der Waals surface area contributed by atoms with E-state index in [1.54, 1.807) is 26.4 Å². The first-order valence-electron chi connectivity index (χ1n) is 9.75. The molecule has 0 radical (unpaired) electrons. The van der Waals surface area contributed by atoms with Crippen LogP contribution in [0, 0.1) is 0 Å². The van der Waals surface area contributed by atoms with Crippen LogP contribution < -0.4 is 9.47 Å². The zero-order chi connectivity index (χ0) is 21.3. The maximum atomic E-state index is 13.6. The molecule has 0 fully saturated rings. The highest BCUT2D eigenvalue weighted by molar-refractivity contribution is 6.20. The van der Waals surface area contributed by atoms with Crippen molar-refractivity contribution in [3.63, 3.8) is 0 Å². The van der Waals surface area contributed by atoms with E-state index >= 15 is 0 Å². The first-order chi connectivity index (χ1) is 14.6. The Balaban J connectivity index is 2.02. The molecular weight excluding hydrogens is 378 g/mol. The Hall–Kier alpha value is -3.73. The zero-order valence-electron chi connectivity index (χ0n) is 17.2. The number of aromatic hydroxyl groups is 1. The third-order valence-corrected chi connectivity index (χ3v) is 5.31. The molecule has 30 heavy (non-hydrogen) atoms. The molecule has 0 aliphatic carbocycles. The quantitative estimate of drug-likeness (QED) is 0.447. The van der Waals surface area contributed by atoms with Crippen molar-refractivity contribution in [1.29, 1.82) is 0 Å². The summed E-state index contributed by atoms with van der Waals surface area (Å²) in [7, 11) is 3.26. The minimum absolute atomic E-state index is 0.0943. The molecule has 0 bridgehead atoms. The van der Waals surface area contributed by atoms with Crippen LogP contribution in [0.25, 0.3) is 22.2 Å². The average Bonchev–Trinajstić information content (AvgIpc) is 3.12. The molecule has 0 aliphatic rings. The van der Waals surface area contributed by atoms with Crippen molar-refractivity contribution in [3.8, 4) is 28.5 Å². The number of nitrogens with zero attached hydrogens (tertiary/aromatic N) is 1. The van der Waals surface area contributed by atoms with Gasteiger partial charge in [-0.25, -0.2) is 0 Å². The molecule has 0 saturated carbocycles. The normalized spacial score (nSPS) is 10.9. The third-order valence-electron chi connectivity index (χ3n) is 5.31. The molecule has 1 heterocycles. The zero-order valence-corrected chi connectivity index (χ0v) is 17.2. The van der Waals surface area contributed by atoms with E-state index in [4.69, 9.17) is 9.47 Å². The number of carbonyl (C=O) groups is 1. The summed E-state index contributed by atoms with van der Waals surface area (Å²) in [6.07, 6.45) is 0. The number of ether oxygens (including phenoxy) is 2. The van der Waals surface area contributed by atoms with Gasteiger partial charge in [0.15, 0.2) is 5.78 Å². The van der Waals surface area contributed by atoms with Crippen molar-refractivity contribution in [2.45, 2.75) is 13.5 Å². The number of rotatable bonds is 6. The third kappa shape index (κ3) is 3.28. The first-order valence-corrected chi connectivity index (χ1v) is 9.75. The van der Waals surface area contributed by atoms with Gasteiger partial charge in [-0.1, -0.05) is 0 Å². The van der Waals surface area contributed by atoms with Gasteiger partial charge in [-0.05, 0) is 73.2 Å². The Labute approximate surface area is 175 Å². The van der Waals surface area contributed by atoms with Crippen LogP contribution in [-0.2, 0) is 6.54 Å². The summed E-state index contributed by atoms with van der Waals surface area (Å²) in [4.78, 5) is 13.6. The van der Waals surface area contributed by atoms with Gasteiger partial charge >= 0.3 is 0 Å². The van der Waals surface area contributed by atoms with Crippen LogP contribution in [0.3, 0.4) is 0 Å². The standard InChI is InChI=1S/C25H23NO4/c1-4-26-22-15-20(30-3)13-14-21(22)23(25(28)17-5-9-18(27)10-6-17)24(26)16-7-11-19(29-2)12-8-16/h5-15,27H,4H2,1-3H3. The number of carbonyl (C=O) groups excluding carboxylic acids is 1. The Kier molecular flexibility index (Phi) is 5.19. The van der Waals surface area contributed by atoms with Gasteiger partial charge in [0.2, 0.25) is 0 Å². The second kappa shape index (κ2) is 7.95. The smallest absolute Gasteiger partial charge is 0.195 e. The minimum atomic E-state index is -0.0943. The van der Waals surface area contributed by atoms with Crippen LogP contribution in [0.15, 0.2) is 66.7 Å². The average molecular weight is 401 g/mol. The number of aryl methyl sites for hydroxylation is 1. The van der Waals surface area contributed by atoms with E-state index in [-0.39, 0.29) is 11.5 Å². The monoisotopic (exact) mass is 401 g/mol. The number of hydrogen-bond acceptors (Lipinski definition) is 4. The number of benzene rings is 3. The fourth-order valence-electron chi connectivity index (χ4n) is 3.82. The summed E-state index contributed by atoms with van der Waals surface area (Å²) >= 11 is 0. The van der Waals surface area contributed by atoms with Gasteiger partial charge in [0.1, 0.15) is 17.2 Å². The molecule has 0 amide bonds. The Morgan fingerprint density at radius 3 is 2.13 bits per heavy atom. The van der Waals surface area contributed by atoms with E-state index in [0.29, 0.717) is 17.7 Å². The van der Waals surface area contributed by atoms with E-state index in [0.717, 1.165) is 33.7 Å². The molecule has 152 valence electrons. The van der Waals surface area contributed by atoms with E-state index in [9.17, 15) is 9.90 Å². The molecule has 4 aromatic rings. The van der Waals surface area contributed by atoms with E-state index < -0.39 is 0 Å². The van der Waals surface area contributed by atoms with Crippen LogP contribution in [-0.4, -0.2) is 29.7 Å². The number of fused-ring (bicyclic) bond motifs is 1. The van der Waals surface area contributed by atoms with Crippen molar-refractivity contribution in [3.05, 3.63) is 77.9 Å². The minimum Gasteiger partial charge on any atom is -0.508 e. The van der Waals surface area contributed by atoms with Crippen molar-refractivity contribution >= 4 is 16.7 Å². The van der Waals surface area contributed by atoms with Gasteiger partial charge in [-0.3, -0.25) is 4.79 Å². The second-order valence-electron chi connectivity index (χ2n) is 6.96. The molecule has 5 nitrogen and oxygen atoms in total. The predicted molar refractivity (Wildman–Crippen MR) is 118 cm³/mol. The molecule has 0 saturated heterocycles. The summed E-state index contributed by atoms with van der Waals surface area (Å²) in [5.74, 6) is 1.52. The molecule has 0 aliphatic heterocycles. The highest BCUT2D eigenvalue weighted by Gasteiger charge is 2.24. The lowest BCUT2D eigenvalue weighted by atomic mass is 9.97. The molecule has 1 aromatic heterocycles. The number of phenols is 1. The summed E-state index contributed by atoms with van der Waals surface area (Å²) in [6.45, 7) is 2.74. The highest BCUT2D eigenvalue weighted by atomic mass is 16.5. The lowest BCUT2D eigenvalue weighted by Crippen LogP contribution is -2.05. The Morgan fingerprint density at radius 2 is 1.53 bits per heavy atom. The molecule has 1 N–H and O–H groups in total. The van der Waals surface area contributed by atoms with Crippen LogP contribution in [0.5, 0.6) is 17.2 Å². The molecule has 0 spiro atoms. The molecule has 5 heteroatoms. The van der Waals surface area contributed by atoms with Gasteiger partial charge in [0.05, 0.1) is 31.0 Å². The van der Waals surface area contributed by atoms with Crippen molar-refractivity contribution in [2.75, 3.05) is 14.2 Å². The summed E-state index contributed by atoms with van der Waals surface area (Å²) in [5, 5.41) is 10.5. The van der Waals surface area contributed by atoms with Crippen molar-refractivity contribution in [2.24, 2.45) is 0 Å². The number of phenolic OH excluding ortho intramolecular Hbond substituents is 1. The van der Waals surface area contributed by atoms with Crippen LogP contribution >= 0.6 is 0 Å². The molecule has 4 rings (SSSR count). The summed E-state index contributed by atoms with van der Waals surface area (Å²) < 4.78 is 12.8. The van der Waals surface area contributed by atoms with E-state index in [2.05, 4.69) is 11.5 Å². The van der Waals surface area contributed by atoms with Gasteiger partial charge in [0, 0.05) is 23.6 Å². The molecular formula is C25H23NO4. The second-order valence-corrected chi connectivity index (χ2v) is 6.96. The highest BCUT2D eigenvalue weighted by Crippen LogP contribution is 2.37. The summed E-state index contributed by atoms with van der Waals surface area (Å²) in [5.41, 5.74) is 3.86. The number of hydrogen-bond donors (Lipinski definition) is 1. The predicted octanol–water partition coefficient (Wildman–Crippen LogP) is 5.28. The lowest BCUT2D eigenvalue weighted by Gasteiger charge is -2.11. The summed E-state index contributed by atoms with van der Waals surface area (Å²) in [6, 6.07) is 19.8. The fourth-order valence-corrected chi connectivity index (χ4v) is 3.82. The SMILES string of the molecule is CCn1c(-c2ccc(OC)cc2)c(C(=O)c2ccc(O)cc2)c2ccc(OC)cc21. The molecule has 0 atom stereocenters. The molecule has 0 unspecified atom stereocenters. The fraction of sp³-hybridized carbons (Fsp3) is 0.160. The number of methoxy groups -OCH3 is 2. The topological polar surface area (TPSA) is 60.7 Å². The van der Waals surface area contributed by atoms with Crippen molar-refractivity contribution in [1.82, 2.24) is 4.57 Å². The lowest BCUT2D eigenvalue weighted by molar-refractivity contribution is 0.104. The van der Waals surface area contributed by atoms with Gasteiger partial charge in [-0.15, -0.1) is 0 Å². The van der Waals surface area contributed by atoms with Crippen LogP contribution in [0.1, 0.15) is 22.8 Å². The van der Waals surface area contributed by atoms with Crippen LogP contribution in [0.2, 0.25) is 0 Å². The number of aromatic nitrogens is 1. The Bertz CT molecular complexity index is 1200. The molecule has 3 aromatic carbocycles. The number of ketones is 1.